The second kappa shape index (κ2) is 5.01. The van der Waals surface area contributed by atoms with Gasteiger partial charge in [0.25, 0.3) is 0 Å². The van der Waals surface area contributed by atoms with E-state index in [9.17, 15) is 9.90 Å². The number of hydrogen-bond acceptors (Lipinski definition) is 3. The van der Waals surface area contributed by atoms with Crippen molar-refractivity contribution in [3.05, 3.63) is 12.2 Å². The third-order valence-electron chi connectivity index (χ3n) is 11.0. The van der Waals surface area contributed by atoms with Crippen LogP contribution in [0.25, 0.3) is 0 Å². The SMILES string of the molecule is C=C(C)C(=O)OC1(C2(O)CC3CCC2(C)C3(C)C)CC2CCC1(C)C2(C)C. The van der Waals surface area contributed by atoms with Gasteiger partial charge in [-0.3, -0.25) is 0 Å². The fourth-order valence-corrected chi connectivity index (χ4v) is 8.24. The maximum atomic E-state index is 12.9. The number of esters is 1. The van der Waals surface area contributed by atoms with Gasteiger partial charge in [-0.05, 0) is 68.1 Å². The summed E-state index contributed by atoms with van der Waals surface area (Å²) in [6.07, 6.45) is 5.88. The summed E-state index contributed by atoms with van der Waals surface area (Å²) >= 11 is 0. The Bertz CT molecular complexity index is 721. The molecule has 6 atom stereocenters. The van der Waals surface area contributed by atoms with E-state index in [0.717, 1.165) is 32.1 Å². The fraction of sp³-hybridized carbons (Fsp3) is 0.875. The van der Waals surface area contributed by atoms with Crippen LogP contribution >= 0.6 is 0 Å². The summed E-state index contributed by atoms with van der Waals surface area (Å²) in [4.78, 5) is 12.9. The summed E-state index contributed by atoms with van der Waals surface area (Å²) in [5.41, 5.74) is -1.78. The molecule has 0 amide bonds. The first-order valence-electron chi connectivity index (χ1n) is 10.8. The van der Waals surface area contributed by atoms with Gasteiger partial charge in [-0.2, -0.15) is 0 Å². The molecule has 0 aromatic heterocycles. The maximum absolute atomic E-state index is 12.9. The smallest absolute Gasteiger partial charge is 0.333 e. The summed E-state index contributed by atoms with van der Waals surface area (Å²) < 4.78 is 6.44. The molecule has 0 radical (unpaired) electrons. The lowest BCUT2D eigenvalue weighted by Crippen LogP contribution is -2.70. The molecule has 4 fully saturated rings. The zero-order valence-electron chi connectivity index (χ0n) is 18.4. The van der Waals surface area contributed by atoms with Gasteiger partial charge in [0.1, 0.15) is 11.2 Å². The normalized spacial score (nSPS) is 51.6. The van der Waals surface area contributed by atoms with Crippen molar-refractivity contribution in [2.75, 3.05) is 0 Å². The summed E-state index contributed by atoms with van der Waals surface area (Å²) in [5.74, 6) is 0.631. The van der Waals surface area contributed by atoms with Crippen LogP contribution in [0.3, 0.4) is 0 Å². The van der Waals surface area contributed by atoms with E-state index in [1.54, 1.807) is 6.92 Å². The molecule has 4 bridgehead atoms. The van der Waals surface area contributed by atoms with Crippen molar-refractivity contribution in [1.29, 1.82) is 0 Å². The third-order valence-corrected chi connectivity index (χ3v) is 11.0. The van der Waals surface area contributed by atoms with Crippen LogP contribution in [0.1, 0.15) is 87.0 Å². The second-order valence-electron chi connectivity index (χ2n) is 11.8. The molecule has 3 heteroatoms. The van der Waals surface area contributed by atoms with E-state index in [1.807, 2.05) is 0 Å². The van der Waals surface area contributed by atoms with E-state index in [-0.39, 0.29) is 27.6 Å². The van der Waals surface area contributed by atoms with Crippen LogP contribution in [0.15, 0.2) is 12.2 Å². The molecule has 0 spiro atoms. The van der Waals surface area contributed by atoms with Crippen LogP contribution in [-0.4, -0.2) is 22.3 Å². The van der Waals surface area contributed by atoms with Gasteiger partial charge in [-0.15, -0.1) is 0 Å². The highest BCUT2D eigenvalue weighted by Gasteiger charge is 2.84. The largest absolute Gasteiger partial charge is 0.452 e. The van der Waals surface area contributed by atoms with E-state index in [1.165, 1.54) is 6.42 Å². The quantitative estimate of drug-likeness (QED) is 0.541. The Morgan fingerprint density at radius 3 is 1.74 bits per heavy atom. The minimum Gasteiger partial charge on any atom is -0.452 e. The topological polar surface area (TPSA) is 46.5 Å². The van der Waals surface area contributed by atoms with Crippen molar-refractivity contribution < 1.29 is 14.6 Å². The molecule has 4 aliphatic rings. The Kier molecular flexibility index (Phi) is 3.62. The first kappa shape index (κ1) is 19.5. The molecule has 4 aliphatic carbocycles. The molecule has 6 unspecified atom stereocenters. The van der Waals surface area contributed by atoms with Crippen molar-refractivity contribution in [3.63, 3.8) is 0 Å². The maximum Gasteiger partial charge on any atom is 0.333 e. The standard InChI is InChI=1S/C24H38O3/c1-15(2)18(25)27-24(14-17-10-12-22(24,8)20(17,5)6)23(26)13-16-9-11-21(23,7)19(16,3)4/h16-17,26H,1,9-14H2,2-8H3. The molecular weight excluding hydrogens is 336 g/mol. The van der Waals surface area contributed by atoms with Crippen LogP contribution < -0.4 is 0 Å². The van der Waals surface area contributed by atoms with E-state index in [0.29, 0.717) is 17.4 Å². The number of fused-ring (bicyclic) bond motifs is 4. The minimum absolute atomic E-state index is 0.0421. The molecule has 1 N–H and O–H groups in total. The third kappa shape index (κ3) is 1.78. The van der Waals surface area contributed by atoms with Crippen molar-refractivity contribution in [2.24, 2.45) is 33.5 Å². The number of carbonyl (C=O) groups excluding carboxylic acids is 1. The molecule has 4 saturated carbocycles. The molecule has 0 aliphatic heterocycles. The van der Waals surface area contributed by atoms with E-state index in [4.69, 9.17) is 4.74 Å². The van der Waals surface area contributed by atoms with Gasteiger partial charge in [0.2, 0.25) is 0 Å². The highest BCUT2D eigenvalue weighted by atomic mass is 16.6. The van der Waals surface area contributed by atoms with Crippen molar-refractivity contribution >= 4 is 5.97 Å². The monoisotopic (exact) mass is 374 g/mol. The highest BCUT2D eigenvalue weighted by Crippen LogP contribution is 2.81. The fourth-order valence-electron chi connectivity index (χ4n) is 8.24. The predicted molar refractivity (Wildman–Crippen MR) is 107 cm³/mol. The number of hydrogen-bond donors (Lipinski definition) is 1. The average Bonchev–Trinajstić information content (AvgIpc) is 3.05. The Morgan fingerprint density at radius 1 is 0.926 bits per heavy atom. The van der Waals surface area contributed by atoms with E-state index in [2.05, 4.69) is 48.1 Å². The summed E-state index contributed by atoms with van der Waals surface area (Å²) in [7, 11) is 0. The summed E-state index contributed by atoms with van der Waals surface area (Å²) in [5, 5.41) is 12.6. The van der Waals surface area contributed by atoms with Gasteiger partial charge in [0.05, 0.1) is 0 Å². The van der Waals surface area contributed by atoms with Gasteiger partial charge in [0, 0.05) is 16.4 Å². The molecule has 152 valence electrons. The van der Waals surface area contributed by atoms with Gasteiger partial charge in [0.15, 0.2) is 0 Å². The lowest BCUT2D eigenvalue weighted by Gasteiger charge is -2.61. The van der Waals surface area contributed by atoms with Crippen LogP contribution in [-0.2, 0) is 9.53 Å². The Morgan fingerprint density at radius 2 is 1.41 bits per heavy atom. The van der Waals surface area contributed by atoms with Gasteiger partial charge >= 0.3 is 5.97 Å². The lowest BCUT2D eigenvalue weighted by atomic mass is 9.50. The van der Waals surface area contributed by atoms with Crippen LogP contribution in [0.5, 0.6) is 0 Å². The van der Waals surface area contributed by atoms with Crippen molar-refractivity contribution in [1.82, 2.24) is 0 Å². The minimum atomic E-state index is -0.987. The second-order valence-corrected chi connectivity index (χ2v) is 11.8. The van der Waals surface area contributed by atoms with Crippen LogP contribution in [0.2, 0.25) is 0 Å². The highest BCUT2D eigenvalue weighted by molar-refractivity contribution is 5.87. The van der Waals surface area contributed by atoms with Gasteiger partial charge in [-0.25, -0.2) is 4.79 Å². The molecule has 0 heterocycles. The Balaban J connectivity index is 1.92. The molecule has 3 nitrogen and oxygen atoms in total. The first-order valence-corrected chi connectivity index (χ1v) is 10.8. The van der Waals surface area contributed by atoms with Crippen molar-refractivity contribution in [2.45, 2.75) is 98.2 Å². The van der Waals surface area contributed by atoms with Crippen LogP contribution in [0.4, 0.5) is 0 Å². The molecular formula is C24H38O3. The first-order chi connectivity index (χ1) is 12.2. The molecule has 0 saturated heterocycles. The molecule has 4 rings (SSSR count). The number of carbonyl (C=O) groups is 1. The average molecular weight is 375 g/mol. The molecule has 27 heavy (non-hydrogen) atoms. The van der Waals surface area contributed by atoms with E-state index < -0.39 is 11.2 Å². The zero-order valence-corrected chi connectivity index (χ0v) is 18.4. The summed E-state index contributed by atoms with van der Waals surface area (Å²) in [6, 6.07) is 0. The predicted octanol–water partition coefficient (Wildman–Crippen LogP) is 5.27. The number of rotatable bonds is 3. The summed E-state index contributed by atoms with van der Waals surface area (Å²) in [6.45, 7) is 19.4. The number of ether oxygens (including phenoxy) is 1. The van der Waals surface area contributed by atoms with Gasteiger partial charge in [-0.1, -0.05) is 48.1 Å². The molecule has 0 aromatic carbocycles. The zero-order chi connectivity index (χ0) is 20.3. The number of aliphatic hydroxyl groups is 1. The van der Waals surface area contributed by atoms with Crippen molar-refractivity contribution in [3.8, 4) is 0 Å². The Hall–Kier alpha value is -0.830. The Labute approximate surface area is 164 Å². The van der Waals surface area contributed by atoms with Gasteiger partial charge < -0.3 is 9.84 Å². The molecule has 0 aromatic rings. The lowest BCUT2D eigenvalue weighted by molar-refractivity contribution is -0.273. The van der Waals surface area contributed by atoms with E-state index >= 15 is 0 Å². The van der Waals surface area contributed by atoms with Crippen LogP contribution in [0, 0.1) is 33.5 Å².